The quantitative estimate of drug-likeness (QED) is 0.491. The van der Waals surface area contributed by atoms with Crippen LogP contribution < -0.4 is 5.32 Å². The maximum atomic E-state index is 13.7. The number of carbonyl (C=O) groups excluding carboxylic acids is 2. The molecular formula is C27H27NO5. The predicted molar refractivity (Wildman–Crippen MR) is 126 cm³/mol. The molecule has 1 fully saturated rings. The lowest BCUT2D eigenvalue weighted by atomic mass is 9.79. The van der Waals surface area contributed by atoms with Crippen molar-refractivity contribution in [2.24, 2.45) is 0 Å². The van der Waals surface area contributed by atoms with E-state index in [1.165, 1.54) is 0 Å². The molecule has 1 saturated heterocycles. The fourth-order valence-corrected chi connectivity index (χ4v) is 5.16. The number of benzene rings is 3. The van der Waals surface area contributed by atoms with Gasteiger partial charge in [0.1, 0.15) is 6.10 Å². The van der Waals surface area contributed by atoms with Crippen molar-refractivity contribution in [2.45, 2.75) is 51.2 Å². The first kappa shape index (κ1) is 21.8. The van der Waals surface area contributed by atoms with Crippen LogP contribution in [-0.2, 0) is 9.47 Å². The molecule has 0 aromatic heterocycles. The van der Waals surface area contributed by atoms with Gasteiger partial charge in [-0.1, -0.05) is 42.0 Å². The number of rotatable bonds is 3. The van der Waals surface area contributed by atoms with E-state index in [1.54, 1.807) is 38.3 Å². The molecule has 3 aromatic carbocycles. The molecule has 5 rings (SSSR count). The summed E-state index contributed by atoms with van der Waals surface area (Å²) in [5.74, 6) is -0.370. The summed E-state index contributed by atoms with van der Waals surface area (Å²) in [4.78, 5) is 27.3. The van der Waals surface area contributed by atoms with Crippen molar-refractivity contribution in [3.8, 4) is 0 Å². The van der Waals surface area contributed by atoms with Crippen molar-refractivity contribution in [1.29, 1.82) is 0 Å². The van der Waals surface area contributed by atoms with Crippen molar-refractivity contribution in [2.75, 3.05) is 12.4 Å². The fraction of sp³-hybridized carbons (Fsp3) is 0.333. The van der Waals surface area contributed by atoms with E-state index in [2.05, 4.69) is 5.32 Å². The van der Waals surface area contributed by atoms with Gasteiger partial charge in [-0.2, -0.15) is 0 Å². The summed E-state index contributed by atoms with van der Waals surface area (Å²) in [5, 5.41) is 16.0. The molecule has 1 heterocycles. The summed E-state index contributed by atoms with van der Waals surface area (Å²) < 4.78 is 11.1. The van der Waals surface area contributed by atoms with Crippen LogP contribution in [0, 0.1) is 6.92 Å². The van der Waals surface area contributed by atoms with Crippen LogP contribution in [0.25, 0.3) is 10.8 Å². The SMILES string of the molecule is CO[C@H]1C[C@@](C)(Nc2cccc3c2C(=O)c2ccc4cc(C)ccc4c2C3=O)[C@@H](O)[C@H](C)O1. The minimum Gasteiger partial charge on any atom is -0.388 e. The van der Waals surface area contributed by atoms with Crippen LogP contribution in [-0.4, -0.2) is 47.8 Å². The van der Waals surface area contributed by atoms with E-state index >= 15 is 0 Å². The van der Waals surface area contributed by atoms with E-state index in [4.69, 9.17) is 9.47 Å². The summed E-state index contributed by atoms with van der Waals surface area (Å²) in [7, 11) is 1.56. The van der Waals surface area contributed by atoms with Crippen LogP contribution in [0.2, 0.25) is 0 Å². The lowest BCUT2D eigenvalue weighted by Gasteiger charge is -2.46. The third-order valence-electron chi connectivity index (χ3n) is 6.92. The summed E-state index contributed by atoms with van der Waals surface area (Å²) in [6.07, 6.45) is -1.42. The zero-order valence-corrected chi connectivity index (χ0v) is 19.1. The molecule has 1 aliphatic carbocycles. The third kappa shape index (κ3) is 3.37. The highest BCUT2D eigenvalue weighted by atomic mass is 16.7. The normalized spacial score (nSPS) is 26.8. The Balaban J connectivity index is 1.61. The number of aliphatic hydroxyl groups is 1. The van der Waals surface area contributed by atoms with Gasteiger partial charge in [-0.05, 0) is 43.7 Å². The molecule has 6 nitrogen and oxygen atoms in total. The second-order valence-electron chi connectivity index (χ2n) is 9.30. The molecule has 2 aliphatic rings. The van der Waals surface area contributed by atoms with Gasteiger partial charge in [0.25, 0.3) is 0 Å². The third-order valence-corrected chi connectivity index (χ3v) is 6.92. The van der Waals surface area contributed by atoms with Crippen LogP contribution in [0.3, 0.4) is 0 Å². The summed E-state index contributed by atoms with van der Waals surface area (Å²) in [6.45, 7) is 5.66. The fourth-order valence-electron chi connectivity index (χ4n) is 5.16. The molecule has 3 aromatic rings. The highest BCUT2D eigenvalue weighted by Crippen LogP contribution is 2.39. The molecule has 170 valence electrons. The lowest BCUT2D eigenvalue weighted by Crippen LogP contribution is -2.59. The smallest absolute Gasteiger partial charge is 0.196 e. The summed E-state index contributed by atoms with van der Waals surface area (Å²) in [6, 6.07) is 14.7. The predicted octanol–water partition coefficient (Wildman–Crippen LogP) is 4.24. The van der Waals surface area contributed by atoms with E-state index < -0.39 is 24.0 Å². The number of carbonyl (C=O) groups is 2. The van der Waals surface area contributed by atoms with Crippen LogP contribution in [0.15, 0.2) is 48.5 Å². The van der Waals surface area contributed by atoms with Gasteiger partial charge in [0.2, 0.25) is 0 Å². The number of anilines is 1. The molecule has 1 aliphatic heterocycles. The van der Waals surface area contributed by atoms with E-state index in [0.717, 1.165) is 16.3 Å². The Morgan fingerprint density at radius 2 is 1.79 bits per heavy atom. The number of aliphatic hydroxyl groups excluding tert-OH is 1. The van der Waals surface area contributed by atoms with Crippen molar-refractivity contribution >= 4 is 28.0 Å². The number of hydrogen-bond donors (Lipinski definition) is 2. The zero-order chi connectivity index (χ0) is 23.5. The number of aryl methyl sites for hydroxylation is 1. The highest BCUT2D eigenvalue weighted by Gasteiger charge is 2.45. The Bertz CT molecular complexity index is 1300. The number of hydrogen-bond acceptors (Lipinski definition) is 6. The van der Waals surface area contributed by atoms with Gasteiger partial charge >= 0.3 is 0 Å². The standard InChI is InChI=1S/C27H27NO5/c1-14-8-10-17-16(12-14)9-11-19-22(17)24(29)18-6-5-7-20(23(18)25(19)30)28-27(3)13-21(32-4)33-15(2)26(27)31/h5-12,15,21,26,28,31H,13H2,1-4H3/t15-,21+,26-,27+/m0/s1. The number of fused-ring (bicyclic) bond motifs is 4. The Morgan fingerprint density at radius 1 is 1.06 bits per heavy atom. The first-order valence-electron chi connectivity index (χ1n) is 11.1. The second kappa shape index (κ2) is 7.76. The van der Waals surface area contributed by atoms with Crippen molar-refractivity contribution < 1.29 is 24.2 Å². The Labute approximate surface area is 192 Å². The molecule has 0 unspecified atom stereocenters. The molecular weight excluding hydrogens is 418 g/mol. The van der Waals surface area contributed by atoms with E-state index in [0.29, 0.717) is 34.4 Å². The average molecular weight is 446 g/mol. The van der Waals surface area contributed by atoms with Crippen LogP contribution in [0.1, 0.15) is 57.7 Å². The van der Waals surface area contributed by atoms with E-state index in [-0.39, 0.29) is 11.6 Å². The number of ketones is 2. The first-order chi connectivity index (χ1) is 15.7. The van der Waals surface area contributed by atoms with Gasteiger partial charge in [0.15, 0.2) is 17.9 Å². The van der Waals surface area contributed by atoms with Gasteiger partial charge in [-0.25, -0.2) is 0 Å². The molecule has 4 atom stereocenters. The topological polar surface area (TPSA) is 84.9 Å². The van der Waals surface area contributed by atoms with Gasteiger partial charge in [0, 0.05) is 35.9 Å². The van der Waals surface area contributed by atoms with E-state index in [1.807, 2.05) is 38.1 Å². The molecule has 0 saturated carbocycles. The minimum absolute atomic E-state index is 0.168. The molecule has 0 spiro atoms. The monoisotopic (exact) mass is 445 g/mol. The van der Waals surface area contributed by atoms with Crippen LogP contribution in [0.5, 0.6) is 0 Å². The molecule has 33 heavy (non-hydrogen) atoms. The molecule has 6 heteroatoms. The maximum Gasteiger partial charge on any atom is 0.196 e. The van der Waals surface area contributed by atoms with Gasteiger partial charge in [-0.3, -0.25) is 9.59 Å². The maximum absolute atomic E-state index is 13.7. The molecule has 0 radical (unpaired) electrons. The van der Waals surface area contributed by atoms with Crippen LogP contribution in [0.4, 0.5) is 5.69 Å². The number of ether oxygens (including phenoxy) is 2. The van der Waals surface area contributed by atoms with Crippen molar-refractivity contribution in [1.82, 2.24) is 0 Å². The lowest BCUT2D eigenvalue weighted by molar-refractivity contribution is -0.223. The van der Waals surface area contributed by atoms with Crippen LogP contribution >= 0.6 is 0 Å². The Morgan fingerprint density at radius 3 is 2.55 bits per heavy atom. The van der Waals surface area contributed by atoms with Gasteiger partial charge < -0.3 is 19.9 Å². The molecule has 2 N–H and O–H groups in total. The minimum atomic E-state index is -0.839. The Hall–Kier alpha value is -3.06. The summed E-state index contributed by atoms with van der Waals surface area (Å²) in [5.41, 5.74) is 2.35. The van der Waals surface area contributed by atoms with Crippen molar-refractivity contribution in [3.63, 3.8) is 0 Å². The molecule has 0 amide bonds. The summed E-state index contributed by atoms with van der Waals surface area (Å²) >= 11 is 0. The largest absolute Gasteiger partial charge is 0.388 e. The van der Waals surface area contributed by atoms with Crippen molar-refractivity contribution in [3.05, 3.63) is 76.3 Å². The number of nitrogens with one attached hydrogen (secondary N) is 1. The zero-order valence-electron chi connectivity index (χ0n) is 19.1. The van der Waals surface area contributed by atoms with Gasteiger partial charge in [0.05, 0.1) is 17.2 Å². The first-order valence-corrected chi connectivity index (χ1v) is 11.1. The molecule has 0 bridgehead atoms. The van der Waals surface area contributed by atoms with Gasteiger partial charge in [-0.15, -0.1) is 0 Å². The highest BCUT2D eigenvalue weighted by molar-refractivity contribution is 6.33. The van der Waals surface area contributed by atoms with E-state index in [9.17, 15) is 14.7 Å². The Kier molecular flexibility index (Phi) is 5.12. The number of methoxy groups -OCH3 is 1. The average Bonchev–Trinajstić information content (AvgIpc) is 2.79. The second-order valence-corrected chi connectivity index (χ2v) is 9.30.